The van der Waals surface area contributed by atoms with E-state index in [4.69, 9.17) is 4.74 Å². The molecule has 2 N–H and O–H groups in total. The summed E-state index contributed by atoms with van der Waals surface area (Å²) in [6.45, 7) is 3.26. The van der Waals surface area contributed by atoms with Gasteiger partial charge in [-0.15, -0.1) is 0 Å². The third-order valence-corrected chi connectivity index (χ3v) is 5.88. The number of carboxylic acid groups (broad SMARTS) is 1. The van der Waals surface area contributed by atoms with Crippen molar-refractivity contribution in [2.75, 3.05) is 6.61 Å². The molecule has 0 aliphatic rings. The maximum absolute atomic E-state index is 13.7. The summed E-state index contributed by atoms with van der Waals surface area (Å²) in [4.78, 5) is 10.7. The van der Waals surface area contributed by atoms with Crippen molar-refractivity contribution in [2.45, 2.75) is 51.0 Å². The number of carboxylic acids is 1. The summed E-state index contributed by atoms with van der Waals surface area (Å²) in [7, 11) is 0. The normalized spacial score (nSPS) is 13.8. The van der Waals surface area contributed by atoms with Gasteiger partial charge in [0, 0.05) is 30.3 Å². The zero-order chi connectivity index (χ0) is 27.3. The topological polar surface area (TPSA) is 89.8 Å². The van der Waals surface area contributed by atoms with Crippen LogP contribution in [0, 0.1) is 19.7 Å². The van der Waals surface area contributed by atoms with Crippen LogP contribution in [-0.2, 0) is 11.0 Å². The van der Waals surface area contributed by atoms with E-state index < -0.39 is 48.1 Å². The van der Waals surface area contributed by atoms with Crippen LogP contribution in [0.4, 0.5) is 17.6 Å². The second kappa shape index (κ2) is 13.6. The third kappa shape index (κ3) is 8.54. The number of benzene rings is 3. The number of aliphatic carboxylic acids is 1. The molecule has 0 amide bonds. The minimum atomic E-state index is -4.57. The first-order valence-electron chi connectivity index (χ1n) is 11.6. The van der Waals surface area contributed by atoms with Gasteiger partial charge in [-0.3, -0.25) is 0 Å². The van der Waals surface area contributed by atoms with E-state index in [0.29, 0.717) is 28.0 Å². The van der Waals surface area contributed by atoms with E-state index >= 15 is 0 Å². The molecule has 1 unspecified atom stereocenters. The van der Waals surface area contributed by atoms with E-state index in [9.17, 15) is 37.7 Å². The fraction of sp³-hybridized carbons (Fsp3) is 0.321. The Labute approximate surface area is 240 Å². The van der Waals surface area contributed by atoms with Gasteiger partial charge < -0.3 is 24.9 Å². The van der Waals surface area contributed by atoms with Crippen LogP contribution in [0.15, 0.2) is 60.7 Å². The van der Waals surface area contributed by atoms with Crippen molar-refractivity contribution < 1.29 is 72.0 Å². The van der Waals surface area contributed by atoms with E-state index in [-0.39, 0.29) is 42.6 Å². The van der Waals surface area contributed by atoms with Crippen molar-refractivity contribution in [1.82, 2.24) is 0 Å². The number of carbonyl (C=O) groups excluding carboxylic acids is 1. The van der Waals surface area contributed by atoms with Crippen molar-refractivity contribution in [3.63, 3.8) is 0 Å². The molecule has 3 aromatic carbocycles. The van der Waals surface area contributed by atoms with Gasteiger partial charge in [0.15, 0.2) is 0 Å². The second-order valence-electron chi connectivity index (χ2n) is 9.04. The number of halogens is 4. The van der Waals surface area contributed by atoms with Gasteiger partial charge >= 0.3 is 35.7 Å². The van der Waals surface area contributed by atoms with Crippen molar-refractivity contribution in [3.8, 4) is 5.75 Å². The average molecular weight is 543 g/mol. The van der Waals surface area contributed by atoms with Crippen LogP contribution in [0.2, 0.25) is 0 Å². The van der Waals surface area contributed by atoms with Crippen LogP contribution in [0.3, 0.4) is 0 Å². The molecule has 3 aromatic rings. The number of carbonyl (C=O) groups is 1. The number of aliphatic hydroxyl groups is 2. The summed E-state index contributed by atoms with van der Waals surface area (Å²) in [5.74, 6) is -2.41. The van der Waals surface area contributed by atoms with E-state index in [1.165, 1.54) is 30.3 Å². The number of hydrogen-bond donors (Lipinski definition) is 2. The van der Waals surface area contributed by atoms with Crippen molar-refractivity contribution >= 4 is 5.97 Å². The Morgan fingerprint density at radius 1 is 0.974 bits per heavy atom. The van der Waals surface area contributed by atoms with Crippen molar-refractivity contribution in [3.05, 3.63) is 99.9 Å². The Morgan fingerprint density at radius 3 is 2.24 bits per heavy atom. The van der Waals surface area contributed by atoms with E-state index in [0.717, 1.165) is 17.7 Å². The van der Waals surface area contributed by atoms with E-state index in [1.54, 1.807) is 19.1 Å². The molecule has 0 spiro atoms. The fourth-order valence-corrected chi connectivity index (χ4v) is 4.34. The van der Waals surface area contributed by atoms with Gasteiger partial charge in [0.2, 0.25) is 0 Å². The largest absolute Gasteiger partial charge is 1.00 e. The molecule has 3 rings (SSSR count). The zero-order valence-corrected chi connectivity index (χ0v) is 23.3. The van der Waals surface area contributed by atoms with Crippen LogP contribution >= 0.6 is 0 Å². The van der Waals surface area contributed by atoms with Crippen molar-refractivity contribution in [1.29, 1.82) is 0 Å². The van der Waals surface area contributed by atoms with Crippen LogP contribution in [0.25, 0.3) is 0 Å². The number of alkyl halides is 3. The number of hydrogen-bond acceptors (Lipinski definition) is 5. The number of ether oxygens (including phenoxy) is 1. The zero-order valence-electron chi connectivity index (χ0n) is 21.3. The fourth-order valence-electron chi connectivity index (χ4n) is 4.34. The maximum atomic E-state index is 13.7. The van der Waals surface area contributed by atoms with Crippen LogP contribution in [0.1, 0.15) is 52.1 Å². The van der Waals surface area contributed by atoms with Gasteiger partial charge in [0.25, 0.3) is 0 Å². The second-order valence-corrected chi connectivity index (χ2v) is 9.04. The minimum absolute atomic E-state index is 0. The molecule has 198 valence electrons. The molecule has 0 fully saturated rings. The van der Waals surface area contributed by atoms with Gasteiger partial charge in [0.1, 0.15) is 18.2 Å². The number of aryl methyl sites for hydroxylation is 2. The summed E-state index contributed by atoms with van der Waals surface area (Å²) in [5.41, 5.74) is 1.97. The molecule has 5 nitrogen and oxygen atoms in total. The SMILES string of the molecule is Cc1cc(C)c(OC[C@@H](O)C[C@@H](O)CC(=O)[O-])c(C(c2ccc(F)cc2)c2cccc(C(F)(F)F)c2)c1.[Na+]. The van der Waals surface area contributed by atoms with Gasteiger partial charge in [-0.2, -0.15) is 13.2 Å². The standard InChI is InChI=1S/C28H28F4O5.Na/c1-16-10-17(2)27(37-15-23(34)13-22(33)14-25(35)36)24(11-16)26(18-6-8-21(29)9-7-18)19-4-3-5-20(12-19)28(30,31)32;/h3-12,22-23,26,33-34H,13-15H2,1-2H3,(H,35,36);/q;+1/p-1/t22-,23+,26?;/m1./s1. The summed E-state index contributed by atoms with van der Waals surface area (Å²) >= 11 is 0. The molecular weight excluding hydrogens is 515 g/mol. The summed E-state index contributed by atoms with van der Waals surface area (Å²) in [5, 5.41) is 30.7. The molecule has 10 heteroatoms. The average Bonchev–Trinajstić information content (AvgIpc) is 2.79. The van der Waals surface area contributed by atoms with Gasteiger partial charge in [-0.05, 0) is 48.7 Å². The molecule has 0 saturated heterocycles. The van der Waals surface area contributed by atoms with E-state index in [1.807, 2.05) is 13.0 Å². The third-order valence-electron chi connectivity index (χ3n) is 5.88. The molecule has 0 aliphatic carbocycles. The van der Waals surface area contributed by atoms with E-state index in [2.05, 4.69) is 0 Å². The molecule has 3 atom stereocenters. The maximum Gasteiger partial charge on any atom is 1.00 e. The molecule has 0 radical (unpaired) electrons. The first-order valence-corrected chi connectivity index (χ1v) is 11.6. The Bertz CT molecular complexity index is 1230. The Morgan fingerprint density at radius 2 is 1.63 bits per heavy atom. The predicted octanol–water partition coefficient (Wildman–Crippen LogP) is 1.28. The Balaban J connectivity index is 0.00000507. The summed E-state index contributed by atoms with van der Waals surface area (Å²) < 4.78 is 60.2. The Kier molecular flexibility index (Phi) is 11.4. The monoisotopic (exact) mass is 542 g/mol. The molecule has 0 saturated carbocycles. The van der Waals surface area contributed by atoms with Gasteiger partial charge in [0.05, 0.1) is 17.8 Å². The molecule has 0 aliphatic heterocycles. The predicted molar refractivity (Wildman–Crippen MR) is 126 cm³/mol. The first kappa shape index (κ1) is 31.8. The van der Waals surface area contributed by atoms with Crippen LogP contribution < -0.4 is 39.4 Å². The molecule has 38 heavy (non-hydrogen) atoms. The van der Waals surface area contributed by atoms with Gasteiger partial charge in [-0.25, -0.2) is 4.39 Å². The molecule has 0 aromatic heterocycles. The van der Waals surface area contributed by atoms with Gasteiger partial charge in [-0.1, -0.05) is 48.0 Å². The molecule has 0 heterocycles. The molecule has 0 bridgehead atoms. The van der Waals surface area contributed by atoms with Crippen molar-refractivity contribution in [2.24, 2.45) is 0 Å². The molecular formula is C28H27F4NaO5. The number of aliphatic hydroxyl groups excluding tert-OH is 2. The quantitative estimate of drug-likeness (QED) is 0.229. The van der Waals surface area contributed by atoms with Crippen LogP contribution in [0.5, 0.6) is 5.75 Å². The summed E-state index contributed by atoms with van der Waals surface area (Å²) in [6.07, 6.45) is -8.04. The van der Waals surface area contributed by atoms with Crippen LogP contribution in [-0.4, -0.2) is 35.0 Å². The first-order chi connectivity index (χ1) is 17.3. The minimum Gasteiger partial charge on any atom is -0.550 e. The smallest absolute Gasteiger partial charge is 0.550 e. The number of rotatable bonds is 10. The summed E-state index contributed by atoms with van der Waals surface area (Å²) in [6, 6.07) is 13.9. The Hall–Kier alpha value is -2.43.